The summed E-state index contributed by atoms with van der Waals surface area (Å²) in [5, 5.41) is 5.09. The molecule has 2 aromatic heterocycles. The minimum Gasteiger partial charge on any atom is -0.477 e. The van der Waals surface area contributed by atoms with E-state index >= 15 is 0 Å². The van der Waals surface area contributed by atoms with Crippen LogP contribution >= 0.6 is 0 Å². The molecular formula is C25H35F2N9O4. The SMILES string of the molecule is CCOc1cnc(NC(=O)N(C)C2CN(c3nccc(NC(=O)OC4CCN(CC)CC4)n3)CCC2(F)F)cn1. The number of hydrogen-bond acceptors (Lipinski definition) is 10. The summed E-state index contributed by atoms with van der Waals surface area (Å²) in [5.74, 6) is -2.43. The predicted molar refractivity (Wildman–Crippen MR) is 143 cm³/mol. The number of urea groups is 1. The molecule has 4 heterocycles. The van der Waals surface area contributed by atoms with E-state index in [4.69, 9.17) is 9.47 Å². The van der Waals surface area contributed by atoms with Gasteiger partial charge in [0.05, 0.1) is 19.0 Å². The monoisotopic (exact) mass is 563 g/mol. The van der Waals surface area contributed by atoms with Crippen molar-refractivity contribution in [2.75, 3.05) is 61.9 Å². The quantitative estimate of drug-likeness (QED) is 0.493. The molecule has 0 bridgehead atoms. The lowest BCUT2D eigenvalue weighted by molar-refractivity contribution is -0.0760. The van der Waals surface area contributed by atoms with Gasteiger partial charge in [0.1, 0.15) is 18.0 Å². The molecule has 2 aromatic rings. The van der Waals surface area contributed by atoms with E-state index < -0.39 is 30.5 Å². The van der Waals surface area contributed by atoms with Crippen LogP contribution in [0.1, 0.15) is 33.1 Å². The normalized spacial score (nSPS) is 19.5. The molecule has 4 rings (SSSR count). The molecular weight excluding hydrogens is 528 g/mol. The van der Waals surface area contributed by atoms with E-state index in [1.165, 1.54) is 31.7 Å². The Morgan fingerprint density at radius 3 is 2.55 bits per heavy atom. The van der Waals surface area contributed by atoms with E-state index in [0.29, 0.717) is 6.61 Å². The Morgan fingerprint density at radius 2 is 1.88 bits per heavy atom. The molecule has 0 aliphatic carbocycles. The van der Waals surface area contributed by atoms with Crippen LogP contribution in [-0.4, -0.2) is 106 Å². The molecule has 0 aromatic carbocycles. The molecule has 40 heavy (non-hydrogen) atoms. The first kappa shape index (κ1) is 29.1. The highest BCUT2D eigenvalue weighted by Crippen LogP contribution is 2.33. The molecule has 2 N–H and O–H groups in total. The number of halogens is 2. The molecule has 1 atom stereocenters. The van der Waals surface area contributed by atoms with Crippen molar-refractivity contribution in [3.63, 3.8) is 0 Å². The van der Waals surface area contributed by atoms with Crippen LogP contribution < -0.4 is 20.3 Å². The summed E-state index contributed by atoms with van der Waals surface area (Å²) < 4.78 is 40.7. The molecule has 0 saturated carbocycles. The van der Waals surface area contributed by atoms with Gasteiger partial charge in [0.2, 0.25) is 11.8 Å². The molecule has 13 nitrogen and oxygen atoms in total. The van der Waals surface area contributed by atoms with Gasteiger partial charge in [-0.1, -0.05) is 6.92 Å². The van der Waals surface area contributed by atoms with E-state index in [1.807, 2.05) is 0 Å². The lowest BCUT2D eigenvalue weighted by Gasteiger charge is -2.42. The van der Waals surface area contributed by atoms with Crippen molar-refractivity contribution in [3.05, 3.63) is 24.7 Å². The van der Waals surface area contributed by atoms with Gasteiger partial charge in [-0.2, -0.15) is 4.98 Å². The van der Waals surface area contributed by atoms with E-state index in [1.54, 1.807) is 11.8 Å². The summed E-state index contributed by atoms with van der Waals surface area (Å²) in [5.41, 5.74) is 0. The zero-order valence-electron chi connectivity index (χ0n) is 22.8. The van der Waals surface area contributed by atoms with Gasteiger partial charge < -0.3 is 24.2 Å². The molecule has 218 valence electrons. The zero-order valence-corrected chi connectivity index (χ0v) is 22.8. The van der Waals surface area contributed by atoms with Gasteiger partial charge in [0.15, 0.2) is 5.82 Å². The maximum atomic E-state index is 15.0. The van der Waals surface area contributed by atoms with Gasteiger partial charge in [0, 0.05) is 45.8 Å². The molecule has 15 heteroatoms. The van der Waals surface area contributed by atoms with Crippen molar-refractivity contribution in [3.8, 4) is 5.88 Å². The first-order valence-electron chi connectivity index (χ1n) is 13.3. The lowest BCUT2D eigenvalue weighted by atomic mass is 10.00. The van der Waals surface area contributed by atoms with Gasteiger partial charge in [-0.3, -0.25) is 10.6 Å². The smallest absolute Gasteiger partial charge is 0.413 e. The second-order valence-corrected chi connectivity index (χ2v) is 9.59. The van der Waals surface area contributed by atoms with Gasteiger partial charge >= 0.3 is 12.1 Å². The highest BCUT2D eigenvalue weighted by molar-refractivity contribution is 5.88. The van der Waals surface area contributed by atoms with Crippen LogP contribution in [0.3, 0.4) is 0 Å². The Hall–Kier alpha value is -3.88. The van der Waals surface area contributed by atoms with Crippen molar-refractivity contribution in [1.82, 2.24) is 29.7 Å². The average molecular weight is 564 g/mol. The third-order valence-electron chi connectivity index (χ3n) is 6.95. The number of amides is 3. The molecule has 1 unspecified atom stereocenters. The number of carbonyl (C=O) groups excluding carboxylic acids is 2. The summed E-state index contributed by atoms with van der Waals surface area (Å²) in [7, 11) is 1.29. The molecule has 0 radical (unpaired) electrons. The molecule has 2 saturated heterocycles. The number of anilines is 3. The minimum absolute atomic E-state index is 0.0345. The van der Waals surface area contributed by atoms with Crippen molar-refractivity contribution < 1.29 is 27.8 Å². The highest BCUT2D eigenvalue weighted by atomic mass is 19.3. The van der Waals surface area contributed by atoms with Crippen molar-refractivity contribution in [2.24, 2.45) is 0 Å². The standard InChI is InChI=1S/C25H35F2N9O4/c1-4-35-11-7-17(8-12-35)40-24(38)33-19-6-10-28-22(31-19)36-13-9-25(26,27)18(16-36)34(3)23(37)32-20-14-30-21(15-29-20)39-5-2/h6,10,14-15,17-18H,4-5,7-9,11-13,16H2,1-3H3,(H,29,32,37)(H,28,31,33,38). The Kier molecular flexibility index (Phi) is 9.45. The third-order valence-corrected chi connectivity index (χ3v) is 6.95. The van der Waals surface area contributed by atoms with Gasteiger partial charge in [-0.05, 0) is 32.4 Å². The molecule has 0 spiro atoms. The van der Waals surface area contributed by atoms with E-state index in [-0.39, 0.29) is 42.7 Å². The molecule has 2 aliphatic heterocycles. The highest BCUT2D eigenvalue weighted by Gasteiger charge is 2.48. The maximum absolute atomic E-state index is 15.0. The Labute approximate surface area is 231 Å². The van der Waals surface area contributed by atoms with Crippen molar-refractivity contribution in [1.29, 1.82) is 0 Å². The molecule has 2 aliphatic rings. The fourth-order valence-corrected chi connectivity index (χ4v) is 4.61. The number of rotatable bonds is 8. The largest absolute Gasteiger partial charge is 0.477 e. The molecule has 3 amide bonds. The number of alkyl halides is 2. The number of hydrogen-bond donors (Lipinski definition) is 2. The van der Waals surface area contributed by atoms with Crippen molar-refractivity contribution >= 4 is 29.7 Å². The topological polar surface area (TPSA) is 138 Å². The van der Waals surface area contributed by atoms with E-state index in [0.717, 1.165) is 37.4 Å². The van der Waals surface area contributed by atoms with Crippen LogP contribution in [-0.2, 0) is 4.74 Å². The minimum atomic E-state index is -3.15. The van der Waals surface area contributed by atoms with Gasteiger partial charge in [-0.25, -0.2) is 33.3 Å². The summed E-state index contributed by atoms with van der Waals surface area (Å²) >= 11 is 0. The number of likely N-dealkylation sites (N-methyl/N-ethyl adjacent to an activating group) is 1. The van der Waals surface area contributed by atoms with Gasteiger partial charge in [-0.15, -0.1) is 0 Å². The van der Waals surface area contributed by atoms with Crippen LogP contribution in [0, 0.1) is 0 Å². The number of ether oxygens (including phenoxy) is 2. The summed E-state index contributed by atoms with van der Waals surface area (Å²) in [6.07, 6.45) is 4.24. The van der Waals surface area contributed by atoms with Crippen molar-refractivity contribution in [2.45, 2.75) is 51.2 Å². The Bertz CT molecular complexity index is 1150. The zero-order chi connectivity index (χ0) is 28.7. The average Bonchev–Trinajstić information content (AvgIpc) is 2.94. The van der Waals surface area contributed by atoms with Gasteiger partial charge in [0.25, 0.3) is 5.92 Å². The van der Waals surface area contributed by atoms with Crippen LogP contribution in [0.15, 0.2) is 24.7 Å². The van der Waals surface area contributed by atoms with E-state index in [9.17, 15) is 18.4 Å². The number of carbonyl (C=O) groups is 2. The Balaban J connectivity index is 1.36. The second kappa shape index (κ2) is 13.0. The number of nitrogens with zero attached hydrogens (tertiary/aromatic N) is 7. The van der Waals surface area contributed by atoms with E-state index in [2.05, 4.69) is 42.4 Å². The number of likely N-dealkylation sites (tertiary alicyclic amines) is 1. The predicted octanol–water partition coefficient (Wildman–Crippen LogP) is 3.08. The van der Waals surface area contributed by atoms with Crippen LogP contribution in [0.2, 0.25) is 0 Å². The summed E-state index contributed by atoms with van der Waals surface area (Å²) in [6, 6.07) is -0.748. The fraction of sp³-hybridized carbons (Fsp3) is 0.600. The van der Waals surface area contributed by atoms with Crippen LogP contribution in [0.4, 0.5) is 36.0 Å². The summed E-state index contributed by atoms with van der Waals surface area (Å²) in [4.78, 5) is 46.6. The first-order valence-corrected chi connectivity index (χ1v) is 13.3. The summed E-state index contributed by atoms with van der Waals surface area (Å²) in [6.45, 7) is 6.73. The second-order valence-electron chi connectivity index (χ2n) is 9.59. The number of nitrogens with one attached hydrogen (secondary N) is 2. The van der Waals surface area contributed by atoms with Crippen LogP contribution in [0.25, 0.3) is 0 Å². The fourth-order valence-electron chi connectivity index (χ4n) is 4.61. The molecule has 2 fully saturated rings. The number of aromatic nitrogens is 4. The number of piperidine rings is 2. The maximum Gasteiger partial charge on any atom is 0.413 e. The van der Waals surface area contributed by atoms with Crippen LogP contribution in [0.5, 0.6) is 5.88 Å². The first-order chi connectivity index (χ1) is 19.2. The third kappa shape index (κ3) is 7.40. The Morgan fingerprint density at radius 1 is 1.10 bits per heavy atom. The lowest BCUT2D eigenvalue weighted by Crippen LogP contribution is -2.60.